The molecule has 0 saturated carbocycles. The Morgan fingerprint density at radius 2 is 2.11 bits per heavy atom. The number of nitrogens with zero attached hydrogens (tertiary/aromatic N) is 3. The van der Waals surface area contributed by atoms with Crippen LogP contribution in [0.15, 0.2) is 30.7 Å². The number of anilines is 1. The van der Waals surface area contributed by atoms with Gasteiger partial charge in [0.25, 0.3) is 0 Å². The maximum atomic E-state index is 13.5. The van der Waals surface area contributed by atoms with E-state index in [1.54, 1.807) is 13.1 Å². The van der Waals surface area contributed by atoms with E-state index in [2.05, 4.69) is 25.3 Å². The van der Waals surface area contributed by atoms with Gasteiger partial charge in [-0.3, -0.25) is 4.79 Å². The Kier molecular flexibility index (Phi) is 5.43. The zero-order valence-electron chi connectivity index (χ0n) is 14.6. The van der Waals surface area contributed by atoms with Crippen molar-refractivity contribution in [2.24, 2.45) is 0 Å². The van der Waals surface area contributed by atoms with Gasteiger partial charge in [-0.15, -0.1) is 0 Å². The minimum absolute atomic E-state index is 0.241. The molecule has 0 aliphatic rings. The lowest BCUT2D eigenvalue weighted by Gasteiger charge is -2.18. The van der Waals surface area contributed by atoms with Gasteiger partial charge in [-0.2, -0.15) is 13.2 Å². The van der Waals surface area contributed by atoms with Crippen LogP contribution in [0.2, 0.25) is 0 Å². The normalized spacial score (nSPS) is 12.8. The molecule has 148 valence electrons. The molecule has 0 saturated heterocycles. The molecule has 0 aliphatic carbocycles. The molecule has 3 N–H and O–H groups in total. The Balaban J connectivity index is 1.80. The quantitative estimate of drug-likeness (QED) is 0.557. The molecule has 28 heavy (non-hydrogen) atoms. The lowest BCUT2D eigenvalue weighted by molar-refractivity contribution is -0.138. The number of aromatic amines is 1. The van der Waals surface area contributed by atoms with Gasteiger partial charge in [-0.25, -0.2) is 19.3 Å². The predicted molar refractivity (Wildman–Crippen MR) is 93.8 cm³/mol. The fourth-order valence-corrected chi connectivity index (χ4v) is 2.57. The van der Waals surface area contributed by atoms with Crippen molar-refractivity contribution in [2.75, 3.05) is 11.9 Å². The maximum absolute atomic E-state index is 13.5. The minimum atomic E-state index is -4.49. The summed E-state index contributed by atoms with van der Waals surface area (Å²) in [4.78, 5) is 27.2. The summed E-state index contributed by atoms with van der Waals surface area (Å²) < 4.78 is 50.4. The molecular weight excluding hydrogens is 380 g/mol. The first-order valence-corrected chi connectivity index (χ1v) is 8.34. The fourth-order valence-electron chi connectivity index (χ4n) is 2.57. The Hall–Kier alpha value is -3.24. The molecular formula is C17H16F4N6O. The summed E-state index contributed by atoms with van der Waals surface area (Å²) in [6.07, 6.45) is -0.174. The first-order valence-electron chi connectivity index (χ1n) is 8.34. The van der Waals surface area contributed by atoms with Crippen molar-refractivity contribution in [2.45, 2.75) is 25.6 Å². The highest BCUT2D eigenvalue weighted by Crippen LogP contribution is 2.26. The molecule has 3 rings (SSSR count). The van der Waals surface area contributed by atoms with E-state index < -0.39 is 30.5 Å². The number of amides is 1. The van der Waals surface area contributed by atoms with Crippen molar-refractivity contribution >= 4 is 22.8 Å². The zero-order chi connectivity index (χ0) is 20.3. The van der Waals surface area contributed by atoms with Crippen molar-refractivity contribution in [3.8, 4) is 11.4 Å². The number of carbonyl (C=O) groups excluding carboxylic acids is 1. The summed E-state index contributed by atoms with van der Waals surface area (Å²) in [5, 5.41) is 5.12. The first kappa shape index (κ1) is 19.5. The van der Waals surface area contributed by atoms with Gasteiger partial charge in [0, 0.05) is 23.3 Å². The Morgan fingerprint density at radius 1 is 1.32 bits per heavy atom. The number of halogens is 4. The molecule has 0 spiro atoms. The molecule has 0 radical (unpaired) electrons. The van der Waals surface area contributed by atoms with Crippen LogP contribution in [-0.2, 0) is 4.79 Å². The monoisotopic (exact) mass is 396 g/mol. The fraction of sp³-hybridized carbons (Fsp3) is 0.294. The Bertz CT molecular complexity index is 987. The second-order valence-corrected chi connectivity index (χ2v) is 5.96. The van der Waals surface area contributed by atoms with Gasteiger partial charge in [0.1, 0.15) is 29.9 Å². The molecule has 0 bridgehead atoms. The standard InChI is InChI=1S/C17H16F4N6O/c1-2-12(16(28)25-8-17(19,20)21)26-13-3-4-22-15(27-13)11-7-24-14-10(11)5-9(18)6-23-14/h3-7,12H,2,8H2,1H3,(H,23,24)(H,25,28)(H,22,26,27)/t12-/m1/s1. The molecule has 0 fully saturated rings. The summed E-state index contributed by atoms with van der Waals surface area (Å²) in [6, 6.07) is 1.86. The number of hydrogen-bond donors (Lipinski definition) is 3. The summed E-state index contributed by atoms with van der Waals surface area (Å²) in [5.41, 5.74) is 0.955. The van der Waals surface area contributed by atoms with Crippen LogP contribution < -0.4 is 10.6 Å². The maximum Gasteiger partial charge on any atom is 0.405 e. The molecule has 1 amide bonds. The number of nitrogens with one attached hydrogen (secondary N) is 3. The third-order valence-electron chi connectivity index (χ3n) is 3.90. The van der Waals surface area contributed by atoms with Gasteiger partial charge in [0.15, 0.2) is 5.82 Å². The average Bonchev–Trinajstić information content (AvgIpc) is 3.07. The minimum Gasteiger partial charge on any atom is -0.358 e. The van der Waals surface area contributed by atoms with E-state index in [0.29, 0.717) is 16.6 Å². The Labute approximate surface area is 156 Å². The lowest BCUT2D eigenvalue weighted by atomic mass is 10.2. The van der Waals surface area contributed by atoms with Gasteiger partial charge < -0.3 is 15.6 Å². The third kappa shape index (κ3) is 4.53. The number of aromatic nitrogens is 4. The number of hydrogen-bond acceptors (Lipinski definition) is 5. The van der Waals surface area contributed by atoms with Crippen LogP contribution in [0, 0.1) is 5.82 Å². The van der Waals surface area contributed by atoms with E-state index in [1.807, 2.05) is 5.32 Å². The Morgan fingerprint density at radius 3 is 2.82 bits per heavy atom. The molecule has 3 aromatic heterocycles. The van der Waals surface area contributed by atoms with Crippen LogP contribution in [0.3, 0.4) is 0 Å². The van der Waals surface area contributed by atoms with E-state index in [4.69, 9.17) is 0 Å². The summed E-state index contributed by atoms with van der Waals surface area (Å²) in [7, 11) is 0. The van der Waals surface area contributed by atoms with E-state index in [0.717, 1.165) is 6.20 Å². The van der Waals surface area contributed by atoms with Crippen LogP contribution in [0.1, 0.15) is 13.3 Å². The molecule has 0 aliphatic heterocycles. The molecule has 3 heterocycles. The largest absolute Gasteiger partial charge is 0.405 e. The number of rotatable bonds is 6. The summed E-state index contributed by atoms with van der Waals surface area (Å²) >= 11 is 0. The van der Waals surface area contributed by atoms with Gasteiger partial charge in [-0.1, -0.05) is 6.92 Å². The summed E-state index contributed by atoms with van der Waals surface area (Å²) in [5.74, 6) is -0.819. The van der Waals surface area contributed by atoms with Gasteiger partial charge in [0.2, 0.25) is 5.91 Å². The number of alkyl halides is 3. The molecule has 0 aromatic carbocycles. The zero-order valence-corrected chi connectivity index (χ0v) is 14.6. The molecule has 1 atom stereocenters. The van der Waals surface area contributed by atoms with Crippen molar-refractivity contribution in [1.29, 1.82) is 0 Å². The molecule has 7 nitrogen and oxygen atoms in total. The van der Waals surface area contributed by atoms with Crippen LogP contribution in [0.5, 0.6) is 0 Å². The lowest BCUT2D eigenvalue weighted by Crippen LogP contribution is -2.43. The highest BCUT2D eigenvalue weighted by Gasteiger charge is 2.29. The van der Waals surface area contributed by atoms with Crippen LogP contribution >= 0.6 is 0 Å². The van der Waals surface area contributed by atoms with E-state index >= 15 is 0 Å². The molecule has 11 heteroatoms. The van der Waals surface area contributed by atoms with Crippen LogP contribution in [-0.4, -0.2) is 44.6 Å². The van der Waals surface area contributed by atoms with Crippen LogP contribution in [0.25, 0.3) is 22.4 Å². The predicted octanol–water partition coefficient (Wildman–Crippen LogP) is 3.03. The number of pyridine rings is 1. The average molecular weight is 396 g/mol. The third-order valence-corrected chi connectivity index (χ3v) is 3.90. The van der Waals surface area contributed by atoms with Gasteiger partial charge >= 0.3 is 6.18 Å². The van der Waals surface area contributed by atoms with Crippen LogP contribution in [0.4, 0.5) is 23.4 Å². The number of H-pyrrole nitrogens is 1. The second kappa shape index (κ2) is 7.79. The second-order valence-electron chi connectivity index (χ2n) is 5.96. The van der Waals surface area contributed by atoms with Crippen molar-refractivity contribution in [1.82, 2.24) is 25.3 Å². The first-order chi connectivity index (χ1) is 13.3. The smallest absolute Gasteiger partial charge is 0.358 e. The highest BCUT2D eigenvalue weighted by atomic mass is 19.4. The molecule has 0 unspecified atom stereocenters. The highest BCUT2D eigenvalue weighted by molar-refractivity contribution is 5.91. The van der Waals surface area contributed by atoms with Gasteiger partial charge in [0.05, 0.1) is 6.20 Å². The van der Waals surface area contributed by atoms with Gasteiger partial charge in [-0.05, 0) is 18.6 Å². The van der Waals surface area contributed by atoms with E-state index in [-0.39, 0.29) is 18.1 Å². The van der Waals surface area contributed by atoms with Crippen molar-refractivity contribution < 1.29 is 22.4 Å². The summed E-state index contributed by atoms with van der Waals surface area (Å²) in [6.45, 7) is 0.244. The van der Waals surface area contributed by atoms with E-state index in [9.17, 15) is 22.4 Å². The van der Waals surface area contributed by atoms with Crippen molar-refractivity contribution in [3.05, 3.63) is 36.5 Å². The van der Waals surface area contributed by atoms with Crippen molar-refractivity contribution in [3.63, 3.8) is 0 Å². The molecule has 3 aromatic rings. The number of carbonyl (C=O) groups is 1. The topological polar surface area (TPSA) is 95.6 Å². The van der Waals surface area contributed by atoms with E-state index in [1.165, 1.54) is 18.3 Å². The SMILES string of the molecule is CC[C@@H](Nc1ccnc(-c2c[nH]c3ncc(F)cc23)n1)C(=O)NCC(F)(F)F. The number of fused-ring (bicyclic) bond motifs is 1.